The molecule has 0 fully saturated rings. The summed E-state index contributed by atoms with van der Waals surface area (Å²) in [7, 11) is 0. The largest absolute Gasteiger partial charge is 0.490 e. The van der Waals surface area contributed by atoms with E-state index in [1.54, 1.807) is 36.4 Å². The van der Waals surface area contributed by atoms with Crippen LogP contribution in [0.1, 0.15) is 29.8 Å². The first kappa shape index (κ1) is 20.0. The topological polar surface area (TPSA) is 61.8 Å². The summed E-state index contributed by atoms with van der Waals surface area (Å²) in [5, 5.41) is 0. The number of rotatable bonds is 9. The van der Waals surface area contributed by atoms with Gasteiger partial charge in [0.1, 0.15) is 0 Å². The number of carbonyl (C=O) groups is 2. The summed E-state index contributed by atoms with van der Waals surface area (Å²) in [6.07, 6.45) is 0.0229. The van der Waals surface area contributed by atoms with Crippen molar-refractivity contribution in [3.8, 4) is 11.5 Å². The van der Waals surface area contributed by atoms with Crippen molar-refractivity contribution < 1.29 is 23.8 Å². The van der Waals surface area contributed by atoms with E-state index in [9.17, 15) is 9.59 Å². The second-order valence-corrected chi connectivity index (χ2v) is 6.24. The highest BCUT2D eigenvalue weighted by molar-refractivity contribution is 9.10. The molecule has 0 atom stereocenters. The third kappa shape index (κ3) is 5.59. The summed E-state index contributed by atoms with van der Waals surface area (Å²) in [5.74, 6) is 0.458. The van der Waals surface area contributed by atoms with Gasteiger partial charge in [-0.05, 0) is 31.5 Å². The standard InChI is InChI=1S/C20H21BrO5/c1-3-24-18-10-15(16(21)12-19(18)25-4-2)11-20(23)26-13-17(22)14-8-6-5-7-9-14/h5-10,12H,3-4,11,13H2,1-2H3. The van der Waals surface area contributed by atoms with Gasteiger partial charge in [0.15, 0.2) is 23.9 Å². The number of ketones is 1. The molecular formula is C20H21BrO5. The lowest BCUT2D eigenvalue weighted by Crippen LogP contribution is -2.16. The van der Waals surface area contributed by atoms with E-state index < -0.39 is 5.97 Å². The summed E-state index contributed by atoms with van der Waals surface area (Å²) in [6, 6.07) is 12.2. The first-order valence-electron chi connectivity index (χ1n) is 8.37. The van der Waals surface area contributed by atoms with Crippen LogP contribution in [-0.4, -0.2) is 31.6 Å². The van der Waals surface area contributed by atoms with Gasteiger partial charge in [0.05, 0.1) is 19.6 Å². The molecule has 0 saturated heterocycles. The Balaban J connectivity index is 2.01. The van der Waals surface area contributed by atoms with Gasteiger partial charge in [-0.3, -0.25) is 9.59 Å². The highest BCUT2D eigenvalue weighted by Gasteiger charge is 2.15. The lowest BCUT2D eigenvalue weighted by Gasteiger charge is -2.14. The van der Waals surface area contributed by atoms with Crippen LogP contribution in [-0.2, 0) is 16.0 Å². The average Bonchev–Trinajstić information content (AvgIpc) is 2.64. The van der Waals surface area contributed by atoms with Gasteiger partial charge in [0.2, 0.25) is 0 Å². The first-order valence-corrected chi connectivity index (χ1v) is 9.16. The zero-order valence-corrected chi connectivity index (χ0v) is 16.4. The smallest absolute Gasteiger partial charge is 0.310 e. The molecule has 0 aliphatic carbocycles. The molecule has 0 heterocycles. The third-order valence-corrected chi connectivity index (χ3v) is 4.25. The summed E-state index contributed by atoms with van der Waals surface area (Å²) in [5.41, 5.74) is 1.22. The molecule has 0 aliphatic rings. The molecule has 5 nitrogen and oxygen atoms in total. The molecular weight excluding hydrogens is 400 g/mol. The quantitative estimate of drug-likeness (QED) is 0.448. The fourth-order valence-electron chi connectivity index (χ4n) is 2.31. The van der Waals surface area contributed by atoms with Crippen LogP contribution in [0.25, 0.3) is 0 Å². The molecule has 6 heteroatoms. The van der Waals surface area contributed by atoms with Crippen molar-refractivity contribution in [1.29, 1.82) is 0 Å². The number of hydrogen-bond acceptors (Lipinski definition) is 5. The van der Waals surface area contributed by atoms with Gasteiger partial charge in [-0.1, -0.05) is 46.3 Å². The molecule has 0 bridgehead atoms. The van der Waals surface area contributed by atoms with Gasteiger partial charge < -0.3 is 14.2 Å². The second kappa shape index (κ2) is 9.97. The SMILES string of the molecule is CCOc1cc(Br)c(CC(=O)OCC(=O)c2ccccc2)cc1OCC. The number of carbonyl (C=O) groups excluding carboxylic acids is 2. The number of halogens is 1. The molecule has 0 spiro atoms. The Labute approximate surface area is 161 Å². The minimum Gasteiger partial charge on any atom is -0.490 e. The Morgan fingerprint density at radius 3 is 2.19 bits per heavy atom. The molecule has 0 aromatic heterocycles. The Kier molecular flexibility index (Phi) is 7.66. The first-order chi connectivity index (χ1) is 12.5. The van der Waals surface area contributed by atoms with Gasteiger partial charge in [-0.25, -0.2) is 0 Å². The predicted molar refractivity (Wildman–Crippen MR) is 102 cm³/mol. The lowest BCUT2D eigenvalue weighted by molar-refractivity contribution is -0.141. The minimum atomic E-state index is -0.485. The highest BCUT2D eigenvalue weighted by atomic mass is 79.9. The van der Waals surface area contributed by atoms with Crippen molar-refractivity contribution in [3.63, 3.8) is 0 Å². The van der Waals surface area contributed by atoms with Crippen molar-refractivity contribution in [2.45, 2.75) is 20.3 Å². The molecule has 26 heavy (non-hydrogen) atoms. The lowest BCUT2D eigenvalue weighted by atomic mass is 10.1. The average molecular weight is 421 g/mol. The maximum Gasteiger partial charge on any atom is 0.310 e. The van der Waals surface area contributed by atoms with E-state index in [4.69, 9.17) is 14.2 Å². The van der Waals surface area contributed by atoms with E-state index in [0.717, 1.165) is 4.47 Å². The Morgan fingerprint density at radius 1 is 0.962 bits per heavy atom. The molecule has 2 aromatic rings. The van der Waals surface area contributed by atoms with E-state index in [0.29, 0.717) is 35.8 Å². The molecule has 2 rings (SSSR count). The van der Waals surface area contributed by atoms with Gasteiger partial charge in [0.25, 0.3) is 0 Å². The molecule has 0 N–H and O–H groups in total. The number of hydrogen-bond donors (Lipinski definition) is 0. The molecule has 0 amide bonds. The number of benzene rings is 2. The Bertz CT molecular complexity index is 758. The molecule has 0 saturated carbocycles. The monoisotopic (exact) mass is 420 g/mol. The third-order valence-electron chi connectivity index (χ3n) is 3.51. The Hall–Kier alpha value is -2.34. The van der Waals surface area contributed by atoms with Crippen LogP contribution in [0, 0.1) is 0 Å². The van der Waals surface area contributed by atoms with Crippen LogP contribution in [0.2, 0.25) is 0 Å². The van der Waals surface area contributed by atoms with Crippen molar-refractivity contribution in [2.24, 2.45) is 0 Å². The summed E-state index contributed by atoms with van der Waals surface area (Å²) in [6.45, 7) is 4.47. The van der Waals surface area contributed by atoms with Crippen molar-refractivity contribution >= 4 is 27.7 Å². The maximum atomic E-state index is 12.1. The second-order valence-electron chi connectivity index (χ2n) is 5.38. The van der Waals surface area contributed by atoms with E-state index in [1.807, 2.05) is 19.9 Å². The molecule has 0 radical (unpaired) electrons. The van der Waals surface area contributed by atoms with Crippen LogP contribution in [0.15, 0.2) is 46.9 Å². The van der Waals surface area contributed by atoms with Gasteiger partial charge in [0, 0.05) is 10.0 Å². The summed E-state index contributed by atoms with van der Waals surface area (Å²) >= 11 is 3.44. The van der Waals surface area contributed by atoms with Gasteiger partial charge >= 0.3 is 5.97 Å². The molecule has 0 aliphatic heterocycles. The van der Waals surface area contributed by atoms with Crippen LogP contribution in [0.3, 0.4) is 0 Å². The normalized spacial score (nSPS) is 10.3. The number of ether oxygens (including phenoxy) is 3. The zero-order chi connectivity index (χ0) is 18.9. The summed E-state index contributed by atoms with van der Waals surface area (Å²) < 4.78 is 16.9. The fraction of sp³-hybridized carbons (Fsp3) is 0.300. The van der Waals surface area contributed by atoms with Gasteiger partial charge in [-0.2, -0.15) is 0 Å². The fourth-order valence-corrected chi connectivity index (χ4v) is 2.77. The van der Waals surface area contributed by atoms with Crippen LogP contribution in [0.4, 0.5) is 0 Å². The number of esters is 1. The molecule has 138 valence electrons. The van der Waals surface area contributed by atoms with Crippen molar-refractivity contribution in [2.75, 3.05) is 19.8 Å². The predicted octanol–water partition coefficient (Wildman–Crippen LogP) is 4.22. The molecule has 2 aromatic carbocycles. The van der Waals surface area contributed by atoms with Gasteiger partial charge in [-0.15, -0.1) is 0 Å². The Morgan fingerprint density at radius 2 is 1.58 bits per heavy atom. The van der Waals surface area contributed by atoms with Crippen LogP contribution < -0.4 is 9.47 Å². The van der Waals surface area contributed by atoms with E-state index in [2.05, 4.69) is 15.9 Å². The van der Waals surface area contributed by atoms with Crippen LogP contribution >= 0.6 is 15.9 Å². The van der Waals surface area contributed by atoms with E-state index in [1.165, 1.54) is 0 Å². The molecule has 0 unspecified atom stereocenters. The van der Waals surface area contributed by atoms with Crippen molar-refractivity contribution in [1.82, 2.24) is 0 Å². The number of Topliss-reactive ketones (excluding diaryl/α,β-unsaturated/α-hetero) is 1. The summed E-state index contributed by atoms with van der Waals surface area (Å²) in [4.78, 5) is 24.1. The van der Waals surface area contributed by atoms with Crippen molar-refractivity contribution in [3.05, 3.63) is 58.1 Å². The van der Waals surface area contributed by atoms with E-state index in [-0.39, 0.29) is 18.8 Å². The minimum absolute atomic E-state index is 0.0229. The van der Waals surface area contributed by atoms with Crippen LogP contribution in [0.5, 0.6) is 11.5 Å². The van der Waals surface area contributed by atoms with E-state index >= 15 is 0 Å². The maximum absolute atomic E-state index is 12.1. The highest BCUT2D eigenvalue weighted by Crippen LogP contribution is 2.34. The zero-order valence-electron chi connectivity index (χ0n) is 14.8.